The van der Waals surface area contributed by atoms with Crippen molar-refractivity contribution in [3.8, 4) is 0 Å². The van der Waals surface area contributed by atoms with Crippen molar-refractivity contribution in [2.45, 2.75) is 4.90 Å². The van der Waals surface area contributed by atoms with Gasteiger partial charge >= 0.3 is 6.03 Å². The number of benzene rings is 2. The van der Waals surface area contributed by atoms with E-state index in [1.165, 1.54) is 15.9 Å². The first-order chi connectivity index (χ1) is 12.5. The molecule has 5 nitrogen and oxygen atoms in total. The maximum absolute atomic E-state index is 13.4. The van der Waals surface area contributed by atoms with Crippen LogP contribution >= 0.6 is 11.8 Å². The van der Waals surface area contributed by atoms with E-state index in [1.807, 2.05) is 18.4 Å². The predicted molar refractivity (Wildman–Crippen MR) is 97.5 cm³/mol. The van der Waals surface area contributed by atoms with E-state index in [9.17, 15) is 18.4 Å². The molecule has 0 spiro atoms. The van der Waals surface area contributed by atoms with Crippen molar-refractivity contribution in [2.24, 2.45) is 0 Å². The van der Waals surface area contributed by atoms with Crippen molar-refractivity contribution < 1.29 is 18.4 Å². The van der Waals surface area contributed by atoms with Gasteiger partial charge in [-0.05, 0) is 42.7 Å². The Hall–Kier alpha value is -2.61. The number of halogens is 2. The van der Waals surface area contributed by atoms with E-state index in [-0.39, 0.29) is 18.1 Å². The van der Waals surface area contributed by atoms with E-state index >= 15 is 0 Å². The molecule has 0 unspecified atom stereocenters. The number of rotatable bonds is 5. The van der Waals surface area contributed by atoms with Gasteiger partial charge in [-0.1, -0.05) is 0 Å². The van der Waals surface area contributed by atoms with Crippen LogP contribution in [0.3, 0.4) is 0 Å². The number of thioether (sulfide) groups is 1. The summed E-state index contributed by atoms with van der Waals surface area (Å²) in [6.45, 7) is 0.527. The number of carbonyl (C=O) groups is 2. The maximum atomic E-state index is 13.4. The highest BCUT2D eigenvalue weighted by Crippen LogP contribution is 2.22. The lowest BCUT2D eigenvalue weighted by Gasteiger charge is -2.18. The van der Waals surface area contributed by atoms with Gasteiger partial charge in [0, 0.05) is 35.4 Å². The third-order valence-corrected chi connectivity index (χ3v) is 4.76. The molecule has 1 aliphatic heterocycles. The second-order valence-electron chi connectivity index (χ2n) is 5.73. The van der Waals surface area contributed by atoms with Crippen molar-refractivity contribution in [2.75, 3.05) is 36.1 Å². The van der Waals surface area contributed by atoms with Crippen LogP contribution in [-0.4, -0.2) is 42.7 Å². The van der Waals surface area contributed by atoms with Gasteiger partial charge in [-0.15, -0.1) is 11.8 Å². The molecule has 0 aromatic heterocycles. The van der Waals surface area contributed by atoms with Crippen molar-refractivity contribution in [3.63, 3.8) is 0 Å². The van der Waals surface area contributed by atoms with Crippen LogP contribution in [0.15, 0.2) is 47.4 Å². The Kier molecular flexibility index (Phi) is 5.41. The first-order valence-corrected chi connectivity index (χ1v) is 9.16. The number of anilines is 2. The molecule has 2 aromatic rings. The van der Waals surface area contributed by atoms with E-state index < -0.39 is 17.7 Å². The molecule has 0 saturated carbocycles. The van der Waals surface area contributed by atoms with Gasteiger partial charge in [0.2, 0.25) is 5.91 Å². The molecule has 0 atom stereocenters. The number of urea groups is 1. The lowest BCUT2D eigenvalue weighted by Crippen LogP contribution is -2.37. The highest BCUT2D eigenvalue weighted by atomic mass is 32.2. The molecule has 1 N–H and O–H groups in total. The molecule has 26 heavy (non-hydrogen) atoms. The van der Waals surface area contributed by atoms with Crippen LogP contribution in [-0.2, 0) is 4.79 Å². The van der Waals surface area contributed by atoms with Gasteiger partial charge in [0.25, 0.3) is 0 Å². The molecular formula is C18H17F2N3O2S. The third kappa shape index (κ3) is 3.96. The summed E-state index contributed by atoms with van der Waals surface area (Å²) in [5.74, 6) is -2.30. The summed E-state index contributed by atoms with van der Waals surface area (Å²) in [7, 11) is 0. The minimum Gasteiger partial charge on any atom is -0.325 e. The number of hydrogen-bond acceptors (Lipinski definition) is 3. The first-order valence-electron chi connectivity index (χ1n) is 7.93. The van der Waals surface area contributed by atoms with Gasteiger partial charge in [-0.2, -0.15) is 0 Å². The van der Waals surface area contributed by atoms with Crippen LogP contribution in [0.1, 0.15) is 0 Å². The van der Waals surface area contributed by atoms with E-state index in [0.717, 1.165) is 17.0 Å². The Morgan fingerprint density at radius 1 is 1.12 bits per heavy atom. The standard InChI is InChI=1S/C18H17F2N3O2S/c1-26-14-5-2-12(3-6-14)21-17(24)11-22-8-9-23(18(22)25)13-4-7-15(19)16(20)10-13/h2-7,10H,8-9,11H2,1H3,(H,21,24). The average Bonchev–Trinajstić information content (AvgIpc) is 2.98. The summed E-state index contributed by atoms with van der Waals surface area (Å²) in [5, 5.41) is 2.74. The van der Waals surface area contributed by atoms with E-state index in [0.29, 0.717) is 18.8 Å². The summed E-state index contributed by atoms with van der Waals surface area (Å²) in [6.07, 6.45) is 1.96. The normalized spacial score (nSPS) is 14.0. The van der Waals surface area contributed by atoms with Crippen LogP contribution in [0.25, 0.3) is 0 Å². The Morgan fingerprint density at radius 2 is 1.85 bits per heavy atom. The van der Waals surface area contributed by atoms with Crippen LogP contribution in [0, 0.1) is 11.6 Å². The summed E-state index contributed by atoms with van der Waals surface area (Å²) in [6, 6.07) is 10.3. The summed E-state index contributed by atoms with van der Waals surface area (Å²) in [5.41, 5.74) is 0.918. The average molecular weight is 377 g/mol. The van der Waals surface area contributed by atoms with Crippen LogP contribution in [0.2, 0.25) is 0 Å². The Bertz CT molecular complexity index is 830. The van der Waals surface area contributed by atoms with Gasteiger partial charge in [-0.3, -0.25) is 9.69 Å². The molecular weight excluding hydrogens is 360 g/mol. The zero-order valence-electron chi connectivity index (χ0n) is 14.0. The topological polar surface area (TPSA) is 52.7 Å². The number of nitrogens with zero attached hydrogens (tertiary/aromatic N) is 2. The zero-order chi connectivity index (χ0) is 18.7. The minimum atomic E-state index is -1.01. The lowest BCUT2D eigenvalue weighted by atomic mass is 10.3. The summed E-state index contributed by atoms with van der Waals surface area (Å²) in [4.78, 5) is 28.4. The molecule has 136 valence electrons. The van der Waals surface area contributed by atoms with Crippen LogP contribution in [0.5, 0.6) is 0 Å². The number of hydrogen-bond donors (Lipinski definition) is 1. The fourth-order valence-corrected chi connectivity index (χ4v) is 3.08. The molecule has 3 rings (SSSR count). The van der Waals surface area contributed by atoms with Crippen molar-refractivity contribution in [3.05, 3.63) is 54.1 Å². The second kappa shape index (κ2) is 7.74. The Labute approximate surface area is 154 Å². The van der Waals surface area contributed by atoms with Crippen molar-refractivity contribution >= 4 is 35.1 Å². The van der Waals surface area contributed by atoms with Gasteiger partial charge in [0.05, 0.1) is 0 Å². The fraction of sp³-hybridized carbons (Fsp3) is 0.222. The van der Waals surface area contributed by atoms with E-state index in [4.69, 9.17) is 0 Å². The number of carbonyl (C=O) groups excluding carboxylic acids is 2. The molecule has 1 fully saturated rings. The van der Waals surface area contributed by atoms with E-state index in [1.54, 1.807) is 23.9 Å². The second-order valence-corrected chi connectivity index (χ2v) is 6.61. The number of amides is 3. The molecule has 0 radical (unpaired) electrons. The number of nitrogens with one attached hydrogen (secondary N) is 1. The monoisotopic (exact) mass is 377 g/mol. The molecule has 3 amide bonds. The van der Waals surface area contributed by atoms with Gasteiger partial charge < -0.3 is 10.2 Å². The molecule has 1 saturated heterocycles. The zero-order valence-corrected chi connectivity index (χ0v) is 14.9. The third-order valence-electron chi connectivity index (χ3n) is 4.02. The molecule has 2 aromatic carbocycles. The predicted octanol–water partition coefficient (Wildman–Crippen LogP) is 3.57. The quantitative estimate of drug-likeness (QED) is 0.811. The van der Waals surface area contributed by atoms with Gasteiger partial charge in [-0.25, -0.2) is 13.6 Å². The van der Waals surface area contributed by atoms with Crippen molar-refractivity contribution in [1.29, 1.82) is 0 Å². The SMILES string of the molecule is CSc1ccc(NC(=O)CN2CCN(c3ccc(F)c(F)c3)C2=O)cc1. The van der Waals surface area contributed by atoms with E-state index in [2.05, 4.69) is 5.32 Å². The summed E-state index contributed by atoms with van der Waals surface area (Å²) < 4.78 is 26.4. The van der Waals surface area contributed by atoms with Crippen LogP contribution in [0.4, 0.5) is 25.0 Å². The lowest BCUT2D eigenvalue weighted by molar-refractivity contribution is -0.116. The molecule has 1 aliphatic rings. The fourth-order valence-electron chi connectivity index (χ4n) is 2.67. The molecule has 0 bridgehead atoms. The summed E-state index contributed by atoms with van der Waals surface area (Å²) >= 11 is 1.60. The minimum absolute atomic E-state index is 0.108. The highest BCUT2D eigenvalue weighted by molar-refractivity contribution is 7.98. The van der Waals surface area contributed by atoms with Gasteiger partial charge in [0.15, 0.2) is 11.6 Å². The first kappa shape index (κ1) is 18.2. The largest absolute Gasteiger partial charge is 0.325 e. The molecule has 8 heteroatoms. The Morgan fingerprint density at radius 3 is 2.50 bits per heavy atom. The van der Waals surface area contributed by atoms with Crippen LogP contribution < -0.4 is 10.2 Å². The van der Waals surface area contributed by atoms with Gasteiger partial charge in [0.1, 0.15) is 6.54 Å². The molecule has 0 aliphatic carbocycles. The molecule has 1 heterocycles. The smallest absolute Gasteiger partial charge is 0.325 e. The Balaban J connectivity index is 1.60. The maximum Gasteiger partial charge on any atom is 0.325 e. The highest BCUT2D eigenvalue weighted by Gasteiger charge is 2.31. The van der Waals surface area contributed by atoms with Crippen molar-refractivity contribution in [1.82, 2.24) is 4.90 Å².